The summed E-state index contributed by atoms with van der Waals surface area (Å²) in [5.41, 5.74) is 5.55. The molecular formula is C13H16N2O3S. The van der Waals surface area contributed by atoms with Crippen molar-refractivity contribution >= 4 is 23.2 Å². The third kappa shape index (κ3) is 6.04. The molecule has 1 rings (SSSR count). The second-order valence-corrected chi connectivity index (χ2v) is 4.71. The summed E-state index contributed by atoms with van der Waals surface area (Å²) < 4.78 is 0. The molecule has 1 heterocycles. The number of carbonyl (C=O) groups excluding carboxylic acids is 2. The summed E-state index contributed by atoms with van der Waals surface area (Å²) in [6, 6.07) is 1.71. The van der Waals surface area contributed by atoms with E-state index in [0.29, 0.717) is 24.9 Å². The summed E-state index contributed by atoms with van der Waals surface area (Å²) in [7, 11) is 0. The van der Waals surface area contributed by atoms with Gasteiger partial charge in [0, 0.05) is 24.8 Å². The molecule has 0 fully saturated rings. The van der Waals surface area contributed by atoms with Gasteiger partial charge in [0.25, 0.3) is 5.91 Å². The van der Waals surface area contributed by atoms with Crippen LogP contribution in [-0.4, -0.2) is 30.1 Å². The van der Waals surface area contributed by atoms with E-state index in [1.54, 1.807) is 11.4 Å². The van der Waals surface area contributed by atoms with Gasteiger partial charge in [-0.05, 0) is 12.5 Å². The van der Waals surface area contributed by atoms with Gasteiger partial charge in [0.05, 0.1) is 17.0 Å². The molecule has 0 bridgehead atoms. The van der Waals surface area contributed by atoms with Crippen molar-refractivity contribution in [2.24, 2.45) is 5.73 Å². The first kappa shape index (κ1) is 15.2. The molecule has 0 aliphatic rings. The molecule has 0 aliphatic carbocycles. The molecule has 0 spiro atoms. The summed E-state index contributed by atoms with van der Waals surface area (Å²) in [4.78, 5) is 23.0. The maximum absolute atomic E-state index is 11.7. The van der Waals surface area contributed by atoms with Crippen molar-refractivity contribution in [3.05, 3.63) is 21.9 Å². The van der Waals surface area contributed by atoms with Gasteiger partial charge in [-0.3, -0.25) is 9.59 Å². The van der Waals surface area contributed by atoms with Crippen molar-refractivity contribution < 1.29 is 14.7 Å². The Morgan fingerprint density at radius 2 is 2.26 bits per heavy atom. The van der Waals surface area contributed by atoms with Gasteiger partial charge < -0.3 is 16.2 Å². The van der Waals surface area contributed by atoms with Gasteiger partial charge in [0.1, 0.15) is 0 Å². The fourth-order valence-electron chi connectivity index (χ4n) is 1.29. The molecule has 2 amide bonds. The largest absolute Gasteiger partial charge is 0.395 e. The number of aliphatic hydroxyl groups is 1. The Bertz CT molecular complexity index is 499. The predicted molar refractivity (Wildman–Crippen MR) is 73.7 cm³/mol. The molecule has 6 heteroatoms. The number of carbonyl (C=O) groups is 2. The third-order valence-corrected chi connectivity index (χ3v) is 3.04. The fourth-order valence-corrected chi connectivity index (χ4v) is 2.05. The molecule has 102 valence electrons. The van der Waals surface area contributed by atoms with Gasteiger partial charge in [-0.2, -0.15) is 0 Å². The average Bonchev–Trinajstić information content (AvgIpc) is 2.83. The van der Waals surface area contributed by atoms with E-state index >= 15 is 0 Å². The Morgan fingerprint density at radius 1 is 1.47 bits per heavy atom. The quantitative estimate of drug-likeness (QED) is 0.522. The topological polar surface area (TPSA) is 92.4 Å². The predicted octanol–water partition coefficient (Wildman–Crippen LogP) is 0.477. The van der Waals surface area contributed by atoms with Crippen molar-refractivity contribution in [3.63, 3.8) is 0 Å². The van der Waals surface area contributed by atoms with E-state index in [1.807, 2.05) is 0 Å². The summed E-state index contributed by atoms with van der Waals surface area (Å²) in [5, 5.41) is 13.0. The Hall–Kier alpha value is -1.84. The zero-order valence-electron chi connectivity index (χ0n) is 10.4. The molecule has 0 aromatic carbocycles. The number of hydrogen-bond donors (Lipinski definition) is 3. The van der Waals surface area contributed by atoms with Crippen molar-refractivity contribution in [1.29, 1.82) is 0 Å². The molecule has 0 aliphatic heterocycles. The SMILES string of the molecule is NC(=O)CCCNC(=O)c1csc(C#CCCO)c1. The molecule has 19 heavy (non-hydrogen) atoms. The third-order valence-electron chi connectivity index (χ3n) is 2.20. The smallest absolute Gasteiger partial charge is 0.252 e. The normalized spacial score (nSPS) is 9.53. The van der Waals surface area contributed by atoms with Crippen LogP contribution < -0.4 is 11.1 Å². The molecule has 4 N–H and O–H groups in total. The molecule has 0 saturated heterocycles. The number of nitrogens with two attached hydrogens (primary N) is 1. The fraction of sp³-hybridized carbons (Fsp3) is 0.385. The van der Waals surface area contributed by atoms with Crippen LogP contribution in [0, 0.1) is 11.8 Å². The molecule has 0 saturated carbocycles. The highest BCUT2D eigenvalue weighted by molar-refractivity contribution is 7.10. The number of amides is 2. The lowest BCUT2D eigenvalue weighted by molar-refractivity contribution is -0.118. The monoisotopic (exact) mass is 280 g/mol. The van der Waals surface area contributed by atoms with Gasteiger partial charge >= 0.3 is 0 Å². The molecule has 0 unspecified atom stereocenters. The minimum atomic E-state index is -0.369. The van der Waals surface area contributed by atoms with Gasteiger partial charge in [-0.1, -0.05) is 11.8 Å². The molecule has 1 aromatic rings. The standard InChI is InChI=1S/C13H16N2O3S/c14-12(17)5-3-6-15-13(18)10-8-11(19-9-10)4-1-2-7-16/h8-9,16H,2-3,5-7H2,(H2,14,17)(H,15,18). The Labute approximate surface area is 115 Å². The minimum absolute atomic E-state index is 0.0333. The van der Waals surface area contributed by atoms with E-state index < -0.39 is 0 Å². The van der Waals surface area contributed by atoms with Crippen LogP contribution in [0.4, 0.5) is 0 Å². The highest BCUT2D eigenvalue weighted by Gasteiger charge is 2.07. The first-order valence-electron chi connectivity index (χ1n) is 5.88. The molecule has 1 aromatic heterocycles. The van der Waals surface area contributed by atoms with Crippen LogP contribution >= 0.6 is 11.3 Å². The number of rotatable bonds is 6. The van der Waals surface area contributed by atoms with E-state index in [0.717, 1.165) is 4.88 Å². The Kier molecular flexibility index (Phi) is 6.64. The van der Waals surface area contributed by atoms with Crippen LogP contribution in [0.5, 0.6) is 0 Å². The molecule has 0 atom stereocenters. The zero-order valence-corrected chi connectivity index (χ0v) is 11.3. The summed E-state index contributed by atoms with van der Waals surface area (Å²) >= 11 is 1.38. The number of thiophene rings is 1. The van der Waals surface area contributed by atoms with Crippen LogP contribution in [0.25, 0.3) is 0 Å². The van der Waals surface area contributed by atoms with Crippen LogP contribution in [0.2, 0.25) is 0 Å². The average molecular weight is 280 g/mol. The van der Waals surface area contributed by atoms with E-state index in [2.05, 4.69) is 17.2 Å². The molecule has 5 nitrogen and oxygen atoms in total. The highest BCUT2D eigenvalue weighted by Crippen LogP contribution is 2.13. The van der Waals surface area contributed by atoms with E-state index in [-0.39, 0.29) is 24.8 Å². The lowest BCUT2D eigenvalue weighted by atomic mass is 10.2. The Balaban J connectivity index is 2.41. The van der Waals surface area contributed by atoms with Crippen molar-refractivity contribution in [2.75, 3.05) is 13.2 Å². The van der Waals surface area contributed by atoms with E-state index in [9.17, 15) is 9.59 Å². The molecular weight excluding hydrogens is 264 g/mol. The van der Waals surface area contributed by atoms with Gasteiger partial charge in [-0.25, -0.2) is 0 Å². The second-order valence-electron chi connectivity index (χ2n) is 3.80. The van der Waals surface area contributed by atoms with Crippen molar-refractivity contribution in [3.8, 4) is 11.8 Å². The van der Waals surface area contributed by atoms with Crippen molar-refractivity contribution in [2.45, 2.75) is 19.3 Å². The van der Waals surface area contributed by atoms with Crippen LogP contribution in [0.15, 0.2) is 11.4 Å². The van der Waals surface area contributed by atoms with Crippen LogP contribution in [0.1, 0.15) is 34.5 Å². The Morgan fingerprint density at radius 3 is 2.95 bits per heavy atom. The minimum Gasteiger partial charge on any atom is -0.395 e. The summed E-state index contributed by atoms with van der Waals surface area (Å²) in [5.74, 6) is 5.11. The number of nitrogens with one attached hydrogen (secondary N) is 1. The van der Waals surface area contributed by atoms with Crippen molar-refractivity contribution in [1.82, 2.24) is 5.32 Å². The van der Waals surface area contributed by atoms with E-state index in [1.165, 1.54) is 11.3 Å². The van der Waals surface area contributed by atoms with Gasteiger partial charge in [0.2, 0.25) is 5.91 Å². The summed E-state index contributed by atoms with van der Waals surface area (Å²) in [6.45, 7) is 0.453. The van der Waals surface area contributed by atoms with Crippen LogP contribution in [-0.2, 0) is 4.79 Å². The van der Waals surface area contributed by atoms with E-state index in [4.69, 9.17) is 10.8 Å². The highest BCUT2D eigenvalue weighted by atomic mass is 32.1. The molecule has 0 radical (unpaired) electrons. The summed E-state index contributed by atoms with van der Waals surface area (Å²) in [6.07, 6.45) is 1.22. The lowest BCUT2D eigenvalue weighted by Crippen LogP contribution is -2.25. The van der Waals surface area contributed by atoms with Gasteiger partial charge in [0.15, 0.2) is 0 Å². The maximum atomic E-state index is 11.7. The maximum Gasteiger partial charge on any atom is 0.252 e. The number of aliphatic hydroxyl groups excluding tert-OH is 1. The first-order chi connectivity index (χ1) is 9.13. The zero-order chi connectivity index (χ0) is 14.1. The first-order valence-corrected chi connectivity index (χ1v) is 6.76. The lowest BCUT2D eigenvalue weighted by Gasteiger charge is -2.01. The second kappa shape index (κ2) is 8.29. The van der Waals surface area contributed by atoms with Crippen LogP contribution in [0.3, 0.4) is 0 Å². The number of hydrogen-bond acceptors (Lipinski definition) is 4. The number of primary amides is 1. The van der Waals surface area contributed by atoms with Gasteiger partial charge in [-0.15, -0.1) is 11.3 Å².